The largest absolute Gasteiger partial charge is 0.381 e. The SMILES string of the molecule is COC1CCC(C(=O)Cc2ncc3ccc(-c4nnc(C)s4)cc3n2)CC1. The van der Waals surface area contributed by atoms with Gasteiger partial charge in [-0.1, -0.05) is 23.5 Å². The molecule has 2 aromatic heterocycles. The van der Waals surface area contributed by atoms with Crippen LogP contribution in [-0.2, 0) is 16.0 Å². The molecule has 0 aliphatic heterocycles. The van der Waals surface area contributed by atoms with Gasteiger partial charge in [-0.05, 0) is 38.7 Å². The Kier molecular flexibility index (Phi) is 5.22. The van der Waals surface area contributed by atoms with Crippen molar-refractivity contribution >= 4 is 28.0 Å². The number of methoxy groups -OCH3 is 1. The number of aromatic nitrogens is 4. The van der Waals surface area contributed by atoms with Gasteiger partial charge in [0.15, 0.2) is 0 Å². The zero-order chi connectivity index (χ0) is 18.8. The van der Waals surface area contributed by atoms with Gasteiger partial charge in [0.2, 0.25) is 0 Å². The van der Waals surface area contributed by atoms with Gasteiger partial charge in [-0.15, -0.1) is 10.2 Å². The number of Topliss-reactive ketones (excluding diaryl/α,β-unsaturated/α-hetero) is 1. The Morgan fingerprint density at radius 3 is 2.74 bits per heavy atom. The quantitative estimate of drug-likeness (QED) is 0.668. The Bertz CT molecular complexity index is 964. The standard InChI is InChI=1S/C20H22N4O2S/c1-12-23-24-20(27-12)14-3-4-15-11-21-19(22-17(15)9-14)10-18(25)13-5-7-16(26-2)8-6-13/h3-4,9,11,13,16H,5-8,10H2,1-2H3. The van der Waals surface area contributed by atoms with Crippen LogP contribution in [0, 0.1) is 12.8 Å². The molecule has 0 amide bonds. The highest BCUT2D eigenvalue weighted by Crippen LogP contribution is 2.28. The number of ether oxygens (including phenoxy) is 1. The summed E-state index contributed by atoms with van der Waals surface area (Å²) in [5.41, 5.74) is 1.82. The number of benzene rings is 1. The van der Waals surface area contributed by atoms with Crippen LogP contribution in [0.15, 0.2) is 24.4 Å². The fraction of sp³-hybridized carbons (Fsp3) is 0.450. The third-order valence-electron chi connectivity index (χ3n) is 5.20. The average molecular weight is 382 g/mol. The number of ketones is 1. The monoisotopic (exact) mass is 382 g/mol. The maximum atomic E-state index is 12.7. The van der Waals surface area contributed by atoms with Crippen LogP contribution in [0.2, 0.25) is 0 Å². The van der Waals surface area contributed by atoms with Crippen molar-refractivity contribution in [3.05, 3.63) is 35.2 Å². The van der Waals surface area contributed by atoms with E-state index in [0.29, 0.717) is 18.3 Å². The van der Waals surface area contributed by atoms with Crippen LogP contribution in [0.5, 0.6) is 0 Å². The van der Waals surface area contributed by atoms with Crippen LogP contribution in [0.1, 0.15) is 36.5 Å². The van der Waals surface area contributed by atoms with Gasteiger partial charge in [-0.2, -0.15) is 0 Å². The molecular formula is C20H22N4O2S. The molecule has 0 spiro atoms. The Labute approximate surface area is 162 Å². The molecule has 1 aromatic carbocycles. The summed E-state index contributed by atoms with van der Waals surface area (Å²) in [5.74, 6) is 0.929. The van der Waals surface area contributed by atoms with Crippen LogP contribution in [0.25, 0.3) is 21.5 Å². The van der Waals surface area contributed by atoms with E-state index < -0.39 is 0 Å². The average Bonchev–Trinajstić information content (AvgIpc) is 3.14. The number of hydrogen-bond acceptors (Lipinski definition) is 7. The van der Waals surface area contributed by atoms with E-state index in [1.54, 1.807) is 24.6 Å². The van der Waals surface area contributed by atoms with Crippen molar-refractivity contribution in [1.82, 2.24) is 20.2 Å². The van der Waals surface area contributed by atoms with Crippen LogP contribution in [0.3, 0.4) is 0 Å². The van der Waals surface area contributed by atoms with Gasteiger partial charge >= 0.3 is 0 Å². The van der Waals surface area contributed by atoms with Crippen molar-refractivity contribution < 1.29 is 9.53 Å². The first-order valence-electron chi connectivity index (χ1n) is 9.24. The number of carbonyl (C=O) groups is 1. The molecule has 0 saturated heterocycles. The summed E-state index contributed by atoms with van der Waals surface area (Å²) in [5, 5.41) is 11.0. The molecule has 1 saturated carbocycles. The maximum Gasteiger partial charge on any atom is 0.147 e. The van der Waals surface area contributed by atoms with Gasteiger partial charge in [-0.25, -0.2) is 9.97 Å². The molecule has 1 aliphatic carbocycles. The minimum atomic E-state index is 0.103. The van der Waals surface area contributed by atoms with E-state index in [1.807, 2.05) is 25.1 Å². The lowest BCUT2D eigenvalue weighted by molar-refractivity contribution is -0.124. The van der Waals surface area contributed by atoms with E-state index in [2.05, 4.69) is 20.2 Å². The normalized spacial score (nSPS) is 20.1. The summed E-state index contributed by atoms with van der Waals surface area (Å²) in [6, 6.07) is 5.98. The fourth-order valence-corrected chi connectivity index (χ4v) is 4.30. The molecule has 0 N–H and O–H groups in total. The molecule has 0 radical (unpaired) electrons. The summed E-state index contributed by atoms with van der Waals surface area (Å²) >= 11 is 1.56. The Balaban J connectivity index is 1.51. The van der Waals surface area contributed by atoms with Crippen molar-refractivity contribution in [3.8, 4) is 10.6 Å². The summed E-state index contributed by atoms with van der Waals surface area (Å²) in [6.45, 7) is 1.94. The van der Waals surface area contributed by atoms with Crippen LogP contribution in [0.4, 0.5) is 0 Å². The first-order valence-corrected chi connectivity index (χ1v) is 10.1. The van der Waals surface area contributed by atoms with Gasteiger partial charge in [0.05, 0.1) is 18.0 Å². The van der Waals surface area contributed by atoms with Crippen LogP contribution >= 0.6 is 11.3 Å². The lowest BCUT2D eigenvalue weighted by atomic mass is 9.83. The molecule has 2 heterocycles. The third-order valence-corrected chi connectivity index (χ3v) is 6.09. The van der Waals surface area contributed by atoms with Crippen molar-refractivity contribution in [1.29, 1.82) is 0 Å². The van der Waals surface area contributed by atoms with E-state index in [1.165, 1.54) is 0 Å². The van der Waals surface area contributed by atoms with Crippen molar-refractivity contribution in [2.75, 3.05) is 7.11 Å². The Morgan fingerprint density at radius 1 is 1.22 bits per heavy atom. The zero-order valence-corrected chi connectivity index (χ0v) is 16.3. The highest BCUT2D eigenvalue weighted by atomic mass is 32.1. The van der Waals surface area contributed by atoms with Crippen molar-refractivity contribution in [2.45, 2.75) is 45.1 Å². The number of aryl methyl sites for hydroxylation is 1. The van der Waals surface area contributed by atoms with Gasteiger partial charge in [0, 0.05) is 30.2 Å². The maximum absolute atomic E-state index is 12.7. The highest BCUT2D eigenvalue weighted by Gasteiger charge is 2.26. The summed E-state index contributed by atoms with van der Waals surface area (Å²) < 4.78 is 5.39. The predicted molar refractivity (Wildman–Crippen MR) is 105 cm³/mol. The molecule has 0 unspecified atom stereocenters. The summed E-state index contributed by atoms with van der Waals surface area (Å²) in [4.78, 5) is 21.7. The number of hydrogen-bond donors (Lipinski definition) is 0. The first-order chi connectivity index (χ1) is 13.1. The minimum Gasteiger partial charge on any atom is -0.381 e. The predicted octanol–water partition coefficient (Wildman–Crippen LogP) is 3.77. The number of rotatable bonds is 5. The first kappa shape index (κ1) is 18.1. The second-order valence-electron chi connectivity index (χ2n) is 7.04. The van der Waals surface area contributed by atoms with Gasteiger partial charge in [-0.3, -0.25) is 4.79 Å². The summed E-state index contributed by atoms with van der Waals surface area (Å²) in [6.07, 6.45) is 6.08. The lowest BCUT2D eigenvalue weighted by Crippen LogP contribution is -2.26. The van der Waals surface area contributed by atoms with Gasteiger partial charge in [0.1, 0.15) is 21.6 Å². The topological polar surface area (TPSA) is 77.9 Å². The fourth-order valence-electron chi connectivity index (χ4n) is 3.61. The van der Waals surface area contributed by atoms with Crippen LogP contribution < -0.4 is 0 Å². The lowest BCUT2D eigenvalue weighted by Gasteiger charge is -2.26. The second-order valence-corrected chi connectivity index (χ2v) is 8.22. The number of nitrogens with zero attached hydrogens (tertiary/aromatic N) is 4. The van der Waals surface area contributed by atoms with E-state index >= 15 is 0 Å². The molecule has 1 fully saturated rings. The van der Waals surface area contributed by atoms with E-state index in [0.717, 1.165) is 52.2 Å². The van der Waals surface area contributed by atoms with Crippen LogP contribution in [-0.4, -0.2) is 39.2 Å². The van der Waals surface area contributed by atoms with Gasteiger partial charge < -0.3 is 4.74 Å². The summed E-state index contributed by atoms with van der Waals surface area (Å²) in [7, 11) is 1.74. The van der Waals surface area contributed by atoms with E-state index in [9.17, 15) is 4.79 Å². The number of carbonyl (C=O) groups excluding carboxylic acids is 1. The van der Waals surface area contributed by atoms with Crippen molar-refractivity contribution in [3.63, 3.8) is 0 Å². The third kappa shape index (κ3) is 4.04. The molecule has 0 bridgehead atoms. The molecular weight excluding hydrogens is 360 g/mol. The molecule has 3 aromatic rings. The Hall–Kier alpha value is -2.25. The molecule has 27 heavy (non-hydrogen) atoms. The number of fused-ring (bicyclic) bond motifs is 1. The van der Waals surface area contributed by atoms with E-state index in [4.69, 9.17) is 4.74 Å². The smallest absolute Gasteiger partial charge is 0.147 e. The zero-order valence-electron chi connectivity index (χ0n) is 15.5. The minimum absolute atomic E-state index is 0.103. The molecule has 7 heteroatoms. The Morgan fingerprint density at radius 2 is 2.04 bits per heavy atom. The molecule has 6 nitrogen and oxygen atoms in total. The second kappa shape index (κ2) is 7.78. The van der Waals surface area contributed by atoms with Gasteiger partial charge in [0.25, 0.3) is 0 Å². The molecule has 140 valence electrons. The molecule has 0 atom stereocenters. The molecule has 4 rings (SSSR count). The highest BCUT2D eigenvalue weighted by molar-refractivity contribution is 7.14. The molecule has 1 aliphatic rings. The van der Waals surface area contributed by atoms with Crippen molar-refractivity contribution in [2.24, 2.45) is 5.92 Å². The van der Waals surface area contributed by atoms with E-state index in [-0.39, 0.29) is 11.7 Å².